The van der Waals surface area contributed by atoms with Crippen LogP contribution >= 0.6 is 0 Å². The SMILES string of the molecule is CCOC1CCCN(C(=O)C(C)(N)c2ccccc2)C1. The van der Waals surface area contributed by atoms with Crippen LogP contribution in [0.15, 0.2) is 30.3 Å². The van der Waals surface area contributed by atoms with Gasteiger partial charge in [-0.05, 0) is 32.3 Å². The van der Waals surface area contributed by atoms with E-state index in [9.17, 15) is 4.79 Å². The van der Waals surface area contributed by atoms with Crippen LogP contribution in [0.4, 0.5) is 0 Å². The topological polar surface area (TPSA) is 55.6 Å². The maximum atomic E-state index is 12.7. The molecular weight excluding hydrogens is 252 g/mol. The van der Waals surface area contributed by atoms with Crippen molar-refractivity contribution in [1.29, 1.82) is 0 Å². The summed E-state index contributed by atoms with van der Waals surface area (Å²) in [7, 11) is 0. The van der Waals surface area contributed by atoms with Gasteiger partial charge in [-0.25, -0.2) is 0 Å². The second-order valence-corrected chi connectivity index (χ2v) is 5.54. The van der Waals surface area contributed by atoms with Crippen molar-refractivity contribution in [3.05, 3.63) is 35.9 Å². The number of ether oxygens (including phenoxy) is 1. The summed E-state index contributed by atoms with van der Waals surface area (Å²) in [5.74, 6) is -0.0203. The first-order valence-corrected chi connectivity index (χ1v) is 7.31. The summed E-state index contributed by atoms with van der Waals surface area (Å²) >= 11 is 0. The highest BCUT2D eigenvalue weighted by atomic mass is 16.5. The summed E-state index contributed by atoms with van der Waals surface area (Å²) in [6.07, 6.45) is 2.13. The van der Waals surface area contributed by atoms with E-state index in [1.54, 1.807) is 6.92 Å². The standard InChI is InChI=1S/C16H24N2O2/c1-3-20-14-10-7-11-18(12-14)15(19)16(2,17)13-8-5-4-6-9-13/h4-6,8-9,14H,3,7,10-12,17H2,1-2H3. The van der Waals surface area contributed by atoms with Crippen LogP contribution in [0.2, 0.25) is 0 Å². The number of rotatable bonds is 4. The minimum atomic E-state index is -0.977. The predicted octanol–water partition coefficient (Wildman–Crippen LogP) is 1.89. The maximum absolute atomic E-state index is 12.7. The molecule has 4 nitrogen and oxygen atoms in total. The van der Waals surface area contributed by atoms with Crippen molar-refractivity contribution in [3.8, 4) is 0 Å². The number of likely N-dealkylation sites (tertiary alicyclic amines) is 1. The van der Waals surface area contributed by atoms with Gasteiger partial charge in [-0.1, -0.05) is 30.3 Å². The number of piperidine rings is 1. The molecule has 1 aromatic rings. The minimum absolute atomic E-state index is 0.0203. The van der Waals surface area contributed by atoms with Gasteiger partial charge in [0.25, 0.3) is 0 Å². The molecule has 0 aliphatic carbocycles. The number of carbonyl (C=O) groups excluding carboxylic acids is 1. The van der Waals surface area contributed by atoms with Crippen LogP contribution < -0.4 is 5.73 Å². The molecule has 0 aromatic heterocycles. The monoisotopic (exact) mass is 276 g/mol. The highest BCUT2D eigenvalue weighted by Crippen LogP contribution is 2.23. The highest BCUT2D eigenvalue weighted by Gasteiger charge is 2.36. The highest BCUT2D eigenvalue weighted by molar-refractivity contribution is 5.87. The van der Waals surface area contributed by atoms with Crippen LogP contribution in [0.3, 0.4) is 0 Å². The lowest BCUT2D eigenvalue weighted by atomic mass is 9.90. The van der Waals surface area contributed by atoms with Crippen LogP contribution in [0.25, 0.3) is 0 Å². The lowest BCUT2D eigenvalue weighted by Gasteiger charge is -2.37. The van der Waals surface area contributed by atoms with E-state index in [2.05, 4.69) is 0 Å². The van der Waals surface area contributed by atoms with Crippen molar-refractivity contribution < 1.29 is 9.53 Å². The Balaban J connectivity index is 2.10. The second-order valence-electron chi connectivity index (χ2n) is 5.54. The molecule has 110 valence electrons. The van der Waals surface area contributed by atoms with Gasteiger partial charge < -0.3 is 15.4 Å². The fraction of sp³-hybridized carbons (Fsp3) is 0.562. The molecule has 1 saturated heterocycles. The van der Waals surface area contributed by atoms with E-state index in [0.717, 1.165) is 24.9 Å². The van der Waals surface area contributed by atoms with Gasteiger partial charge in [-0.15, -0.1) is 0 Å². The maximum Gasteiger partial charge on any atom is 0.247 e. The number of hydrogen-bond acceptors (Lipinski definition) is 3. The zero-order valence-electron chi connectivity index (χ0n) is 12.3. The molecule has 2 atom stereocenters. The Morgan fingerprint density at radius 3 is 2.80 bits per heavy atom. The Morgan fingerprint density at radius 2 is 2.15 bits per heavy atom. The average Bonchev–Trinajstić information content (AvgIpc) is 2.48. The predicted molar refractivity (Wildman–Crippen MR) is 79.2 cm³/mol. The Kier molecular flexibility index (Phi) is 4.78. The van der Waals surface area contributed by atoms with E-state index in [1.165, 1.54) is 0 Å². The number of amides is 1. The van der Waals surface area contributed by atoms with E-state index in [-0.39, 0.29) is 12.0 Å². The zero-order valence-corrected chi connectivity index (χ0v) is 12.3. The van der Waals surface area contributed by atoms with Crippen molar-refractivity contribution in [1.82, 2.24) is 4.90 Å². The minimum Gasteiger partial charge on any atom is -0.377 e. The van der Waals surface area contributed by atoms with Gasteiger partial charge in [0.15, 0.2) is 0 Å². The van der Waals surface area contributed by atoms with Gasteiger partial charge in [0.1, 0.15) is 5.54 Å². The van der Waals surface area contributed by atoms with Gasteiger partial charge >= 0.3 is 0 Å². The van der Waals surface area contributed by atoms with Crippen LogP contribution in [0, 0.1) is 0 Å². The molecule has 1 aliphatic heterocycles. The van der Waals surface area contributed by atoms with Crippen LogP contribution in [-0.2, 0) is 15.1 Å². The molecule has 4 heteroatoms. The molecule has 0 radical (unpaired) electrons. The van der Waals surface area contributed by atoms with Crippen molar-refractivity contribution in [2.45, 2.75) is 38.3 Å². The number of nitrogens with two attached hydrogens (primary N) is 1. The number of hydrogen-bond donors (Lipinski definition) is 1. The molecule has 1 amide bonds. The molecule has 0 saturated carbocycles. The fourth-order valence-corrected chi connectivity index (χ4v) is 2.73. The summed E-state index contributed by atoms with van der Waals surface area (Å²) in [6, 6.07) is 9.56. The van der Waals surface area contributed by atoms with Crippen LogP contribution in [0.1, 0.15) is 32.3 Å². The van der Waals surface area contributed by atoms with Crippen LogP contribution in [-0.4, -0.2) is 36.6 Å². The van der Waals surface area contributed by atoms with E-state index >= 15 is 0 Å². The molecule has 1 aromatic carbocycles. The summed E-state index contributed by atoms with van der Waals surface area (Å²) in [4.78, 5) is 14.6. The normalized spacial score (nSPS) is 22.4. The fourth-order valence-electron chi connectivity index (χ4n) is 2.73. The van der Waals surface area contributed by atoms with Gasteiger partial charge in [0, 0.05) is 19.7 Å². The summed E-state index contributed by atoms with van der Waals surface area (Å²) in [6.45, 7) is 5.87. The Hall–Kier alpha value is -1.39. The van der Waals surface area contributed by atoms with Crippen molar-refractivity contribution in [2.75, 3.05) is 19.7 Å². The molecule has 2 N–H and O–H groups in total. The first-order valence-electron chi connectivity index (χ1n) is 7.31. The molecule has 1 fully saturated rings. The lowest BCUT2D eigenvalue weighted by Crippen LogP contribution is -2.54. The molecule has 1 heterocycles. The third-order valence-corrected chi connectivity index (χ3v) is 3.89. The van der Waals surface area contributed by atoms with Crippen molar-refractivity contribution in [2.24, 2.45) is 5.73 Å². The van der Waals surface area contributed by atoms with Crippen molar-refractivity contribution in [3.63, 3.8) is 0 Å². The summed E-state index contributed by atoms with van der Waals surface area (Å²) < 4.78 is 5.65. The Labute approximate surface area is 120 Å². The van der Waals surface area contributed by atoms with E-state index in [0.29, 0.717) is 13.2 Å². The van der Waals surface area contributed by atoms with Gasteiger partial charge in [0.2, 0.25) is 5.91 Å². The molecule has 2 unspecified atom stereocenters. The average molecular weight is 276 g/mol. The molecule has 20 heavy (non-hydrogen) atoms. The van der Waals surface area contributed by atoms with Crippen LogP contribution in [0.5, 0.6) is 0 Å². The number of nitrogens with zero attached hydrogens (tertiary/aromatic N) is 1. The first kappa shape index (κ1) is 15.0. The largest absolute Gasteiger partial charge is 0.377 e. The number of benzene rings is 1. The Morgan fingerprint density at radius 1 is 1.45 bits per heavy atom. The van der Waals surface area contributed by atoms with E-state index < -0.39 is 5.54 Å². The second kappa shape index (κ2) is 6.37. The Bertz CT molecular complexity index is 443. The smallest absolute Gasteiger partial charge is 0.247 e. The first-order chi connectivity index (χ1) is 9.55. The molecule has 1 aliphatic rings. The zero-order chi connectivity index (χ0) is 14.6. The van der Waals surface area contributed by atoms with Gasteiger partial charge in [-0.3, -0.25) is 4.79 Å². The lowest BCUT2D eigenvalue weighted by molar-refractivity contribution is -0.140. The third-order valence-electron chi connectivity index (χ3n) is 3.89. The van der Waals surface area contributed by atoms with E-state index in [1.807, 2.05) is 42.2 Å². The molecule has 0 bridgehead atoms. The van der Waals surface area contributed by atoms with Gasteiger partial charge in [0.05, 0.1) is 6.10 Å². The van der Waals surface area contributed by atoms with E-state index in [4.69, 9.17) is 10.5 Å². The molecule has 0 spiro atoms. The molecular formula is C16H24N2O2. The summed E-state index contributed by atoms with van der Waals surface area (Å²) in [5.41, 5.74) is 6.17. The van der Waals surface area contributed by atoms with Crippen molar-refractivity contribution >= 4 is 5.91 Å². The summed E-state index contributed by atoms with van der Waals surface area (Å²) in [5, 5.41) is 0. The van der Waals surface area contributed by atoms with Gasteiger partial charge in [-0.2, -0.15) is 0 Å². The number of carbonyl (C=O) groups is 1. The molecule has 2 rings (SSSR count). The quantitative estimate of drug-likeness (QED) is 0.913. The third kappa shape index (κ3) is 3.19.